The van der Waals surface area contributed by atoms with Crippen molar-refractivity contribution in [1.29, 1.82) is 0 Å². The molecule has 190 valence electrons. The van der Waals surface area contributed by atoms with Crippen molar-refractivity contribution >= 4 is 49.9 Å². The van der Waals surface area contributed by atoms with Crippen LogP contribution in [-0.2, 0) is 20.1 Å². The van der Waals surface area contributed by atoms with E-state index in [1.165, 1.54) is 28.4 Å². The van der Waals surface area contributed by atoms with Crippen molar-refractivity contribution in [3.8, 4) is 0 Å². The van der Waals surface area contributed by atoms with E-state index < -0.39 is 35.4 Å². The Kier molecular flexibility index (Phi) is 6.16. The fraction of sp³-hybridized carbons (Fsp3) is 0.143. The summed E-state index contributed by atoms with van der Waals surface area (Å²) in [6, 6.07) is 4.10. The highest BCUT2D eigenvalue weighted by Gasteiger charge is 2.19. The summed E-state index contributed by atoms with van der Waals surface area (Å²) in [7, 11) is 1.60. The molecule has 0 radical (unpaired) electrons. The van der Waals surface area contributed by atoms with Crippen molar-refractivity contribution in [2.24, 2.45) is 7.05 Å². The molecular formula is C21H15ClF3N9O2S. The number of nitrogens with one attached hydrogen (secondary N) is 1. The first-order valence-corrected chi connectivity index (χ1v) is 11.6. The highest BCUT2D eigenvalue weighted by atomic mass is 35.5. The maximum atomic E-state index is 14.5. The molecule has 2 aromatic carbocycles. The predicted octanol–water partition coefficient (Wildman–Crippen LogP) is 2.64. The molecule has 0 saturated carbocycles. The molecule has 0 saturated heterocycles. The van der Waals surface area contributed by atoms with Crippen molar-refractivity contribution in [1.82, 2.24) is 33.9 Å². The van der Waals surface area contributed by atoms with E-state index >= 15 is 0 Å². The Balaban J connectivity index is 1.64. The number of thiazole rings is 1. The summed E-state index contributed by atoms with van der Waals surface area (Å²) < 4.78 is 45.5. The van der Waals surface area contributed by atoms with Gasteiger partial charge in [0.15, 0.2) is 22.6 Å². The molecule has 3 aromatic heterocycles. The monoisotopic (exact) mass is 549 g/mol. The summed E-state index contributed by atoms with van der Waals surface area (Å²) in [4.78, 5) is 38.3. The zero-order valence-electron chi connectivity index (χ0n) is 18.7. The second-order valence-corrected chi connectivity index (χ2v) is 9.31. The van der Waals surface area contributed by atoms with Gasteiger partial charge < -0.3 is 11.1 Å². The van der Waals surface area contributed by atoms with Crippen LogP contribution in [0, 0.1) is 17.5 Å². The Bertz CT molecular complexity index is 1800. The molecule has 3 heterocycles. The van der Waals surface area contributed by atoms with Crippen molar-refractivity contribution in [3.63, 3.8) is 0 Å². The summed E-state index contributed by atoms with van der Waals surface area (Å²) in [5.74, 6) is -3.97. The Morgan fingerprint density at radius 2 is 1.78 bits per heavy atom. The molecule has 0 spiro atoms. The molecule has 0 fully saturated rings. The third-order valence-electron chi connectivity index (χ3n) is 5.25. The van der Waals surface area contributed by atoms with Crippen molar-refractivity contribution in [3.05, 3.63) is 85.4 Å². The average molecular weight is 550 g/mol. The van der Waals surface area contributed by atoms with E-state index in [2.05, 4.69) is 25.4 Å². The van der Waals surface area contributed by atoms with Gasteiger partial charge in [-0.3, -0.25) is 9.25 Å². The second-order valence-electron chi connectivity index (χ2n) is 7.84. The summed E-state index contributed by atoms with van der Waals surface area (Å²) >= 11 is 7.53. The van der Waals surface area contributed by atoms with Crippen molar-refractivity contribution < 1.29 is 13.2 Å². The largest absolute Gasteiger partial charge is 0.375 e. The molecule has 16 heteroatoms. The Labute approximate surface area is 213 Å². The van der Waals surface area contributed by atoms with E-state index in [0.717, 1.165) is 9.13 Å². The summed E-state index contributed by atoms with van der Waals surface area (Å²) in [6.45, 7) is -0.931. The van der Waals surface area contributed by atoms with E-state index in [1.807, 2.05) is 0 Å². The lowest BCUT2D eigenvalue weighted by molar-refractivity contribution is 0.485. The Morgan fingerprint density at radius 1 is 1.03 bits per heavy atom. The first kappa shape index (κ1) is 24.5. The topological polar surface area (TPSA) is 139 Å². The van der Waals surface area contributed by atoms with Crippen LogP contribution in [0.25, 0.3) is 10.2 Å². The molecule has 5 aromatic rings. The summed E-state index contributed by atoms with van der Waals surface area (Å²) in [5, 5.41) is 7.31. The van der Waals surface area contributed by atoms with Crippen molar-refractivity contribution in [2.45, 2.75) is 13.1 Å². The lowest BCUT2D eigenvalue weighted by Crippen LogP contribution is -2.43. The quantitative estimate of drug-likeness (QED) is 0.308. The summed E-state index contributed by atoms with van der Waals surface area (Å²) in [6.07, 6.45) is 1.38. The number of aromatic nitrogens is 7. The van der Waals surface area contributed by atoms with Crippen molar-refractivity contribution in [2.75, 3.05) is 11.1 Å². The number of nitrogens with two attached hydrogens (primary N) is 1. The van der Waals surface area contributed by atoms with Crippen LogP contribution in [0.15, 0.2) is 40.2 Å². The van der Waals surface area contributed by atoms with Crippen LogP contribution in [0.5, 0.6) is 0 Å². The van der Waals surface area contributed by atoms with Gasteiger partial charge in [0.2, 0.25) is 5.95 Å². The molecule has 5 rings (SSSR count). The number of benzene rings is 2. The molecule has 0 unspecified atom stereocenters. The zero-order chi connectivity index (χ0) is 26.4. The van der Waals surface area contributed by atoms with Gasteiger partial charge in [0, 0.05) is 18.7 Å². The van der Waals surface area contributed by atoms with Gasteiger partial charge in [0.05, 0.1) is 34.0 Å². The number of hydrogen-bond acceptors (Lipinski definition) is 9. The third kappa shape index (κ3) is 4.77. The normalized spacial score (nSPS) is 11.4. The number of nitrogens with zero attached hydrogens (tertiary/aromatic N) is 7. The molecule has 0 bridgehead atoms. The van der Waals surface area contributed by atoms with E-state index in [0.29, 0.717) is 27.5 Å². The average Bonchev–Trinajstić information content (AvgIpc) is 3.40. The van der Waals surface area contributed by atoms with Crippen LogP contribution in [-0.4, -0.2) is 33.9 Å². The van der Waals surface area contributed by atoms with E-state index in [9.17, 15) is 22.8 Å². The van der Waals surface area contributed by atoms with E-state index in [-0.39, 0.29) is 34.6 Å². The van der Waals surface area contributed by atoms with Gasteiger partial charge in [-0.1, -0.05) is 22.9 Å². The lowest BCUT2D eigenvalue weighted by atomic mass is 10.2. The zero-order valence-corrected chi connectivity index (χ0v) is 20.3. The van der Waals surface area contributed by atoms with Gasteiger partial charge in [0.25, 0.3) is 0 Å². The third-order valence-corrected chi connectivity index (χ3v) is 6.41. The Morgan fingerprint density at radius 3 is 2.51 bits per heavy atom. The SMILES string of the molecule is Cn1cnc(Cn2c(=O)nc(Nc3cc4sc(N)nc4cc3Cl)n(Cc3cc(F)c(F)cc3F)c2=O)n1. The standard InChI is InChI=1S/C21H15ClF3N9O2S/c1-32-8-27-17(31-32)7-34-20(35)30-19(29-14-5-16-15(3-10(14)22)28-18(26)37-16)33(21(34)36)6-9-2-12(24)13(25)4-11(9)23/h2-5,8H,6-7H2,1H3,(H2,26,28)(H,29,30,35). The highest BCUT2D eigenvalue weighted by Crippen LogP contribution is 2.33. The van der Waals surface area contributed by atoms with Crippen LogP contribution < -0.4 is 22.4 Å². The number of nitrogen functional groups attached to an aromatic ring is 1. The molecule has 0 atom stereocenters. The minimum Gasteiger partial charge on any atom is -0.375 e. The number of aryl methyl sites for hydroxylation is 1. The van der Waals surface area contributed by atoms with E-state index in [4.69, 9.17) is 17.3 Å². The number of hydrogen-bond donors (Lipinski definition) is 2. The molecule has 37 heavy (non-hydrogen) atoms. The number of anilines is 3. The minimum atomic E-state index is -1.39. The fourth-order valence-electron chi connectivity index (χ4n) is 3.54. The van der Waals surface area contributed by atoms with Crippen LogP contribution in [0.2, 0.25) is 5.02 Å². The van der Waals surface area contributed by atoms with Crippen LogP contribution in [0.4, 0.5) is 29.9 Å². The number of rotatable bonds is 6. The number of halogens is 4. The van der Waals surface area contributed by atoms with Gasteiger partial charge in [-0.2, -0.15) is 10.1 Å². The van der Waals surface area contributed by atoms with Gasteiger partial charge in [-0.05, 0) is 18.2 Å². The van der Waals surface area contributed by atoms with Gasteiger partial charge in [-0.25, -0.2) is 37.3 Å². The maximum absolute atomic E-state index is 14.5. The highest BCUT2D eigenvalue weighted by molar-refractivity contribution is 7.22. The smallest absolute Gasteiger partial charge is 0.355 e. The fourth-order valence-corrected chi connectivity index (χ4v) is 4.50. The molecule has 0 aliphatic heterocycles. The summed E-state index contributed by atoms with van der Waals surface area (Å²) in [5.41, 5.74) is 4.28. The van der Waals surface area contributed by atoms with Gasteiger partial charge in [0.1, 0.15) is 12.1 Å². The van der Waals surface area contributed by atoms with Gasteiger partial charge in [-0.15, -0.1) is 0 Å². The van der Waals surface area contributed by atoms with Crippen LogP contribution in [0.1, 0.15) is 11.4 Å². The minimum absolute atomic E-state index is 0.144. The maximum Gasteiger partial charge on any atom is 0.355 e. The lowest BCUT2D eigenvalue weighted by Gasteiger charge is -2.16. The van der Waals surface area contributed by atoms with Crippen LogP contribution >= 0.6 is 22.9 Å². The molecule has 3 N–H and O–H groups in total. The molecule has 0 amide bonds. The molecule has 11 nitrogen and oxygen atoms in total. The second kappa shape index (κ2) is 9.33. The predicted molar refractivity (Wildman–Crippen MR) is 131 cm³/mol. The van der Waals surface area contributed by atoms with Gasteiger partial charge >= 0.3 is 11.4 Å². The Hall–Kier alpha value is -4.24. The molecule has 0 aliphatic rings. The van der Waals surface area contributed by atoms with E-state index in [1.54, 1.807) is 13.1 Å². The molecule has 0 aliphatic carbocycles. The van der Waals surface area contributed by atoms with Crippen LogP contribution in [0.3, 0.4) is 0 Å². The first-order valence-electron chi connectivity index (χ1n) is 10.4. The first-order chi connectivity index (χ1) is 17.6. The number of fused-ring (bicyclic) bond motifs is 1. The molecular weight excluding hydrogens is 535 g/mol.